The van der Waals surface area contributed by atoms with Crippen LogP contribution in [0.3, 0.4) is 0 Å². The van der Waals surface area contributed by atoms with Gasteiger partial charge >= 0.3 is 0 Å². The van der Waals surface area contributed by atoms with Gasteiger partial charge in [-0.1, -0.05) is 17.9 Å². The summed E-state index contributed by atoms with van der Waals surface area (Å²) in [6.07, 6.45) is 0.353. The van der Waals surface area contributed by atoms with Crippen molar-refractivity contribution in [1.29, 1.82) is 0 Å². The Morgan fingerprint density at radius 3 is 2.95 bits per heavy atom. The van der Waals surface area contributed by atoms with Crippen LogP contribution in [0.4, 0.5) is 5.69 Å². The molecule has 0 unspecified atom stereocenters. The van der Waals surface area contributed by atoms with Gasteiger partial charge in [-0.15, -0.1) is 0 Å². The summed E-state index contributed by atoms with van der Waals surface area (Å²) in [5.74, 6) is 5.68. The zero-order valence-electron chi connectivity index (χ0n) is 11.5. The summed E-state index contributed by atoms with van der Waals surface area (Å²) in [5, 5.41) is 2.87. The summed E-state index contributed by atoms with van der Waals surface area (Å²) in [6.45, 7) is 5.23. The molecule has 0 aliphatic rings. The van der Waals surface area contributed by atoms with Crippen LogP contribution in [0.5, 0.6) is 0 Å². The number of hydrogen-bond acceptors (Lipinski definition) is 3. The van der Waals surface area contributed by atoms with Crippen molar-refractivity contribution in [3.05, 3.63) is 29.3 Å². The van der Waals surface area contributed by atoms with Crippen molar-refractivity contribution in [2.24, 2.45) is 5.73 Å². The lowest BCUT2D eigenvalue weighted by atomic mass is 10.1. The molecular weight excluding hydrogens is 240 g/mol. The first-order valence-corrected chi connectivity index (χ1v) is 6.34. The summed E-state index contributed by atoms with van der Waals surface area (Å²) in [7, 11) is 0. The maximum Gasteiger partial charge on any atom is 0.226 e. The van der Waals surface area contributed by atoms with Gasteiger partial charge in [-0.25, -0.2) is 0 Å². The Labute approximate surface area is 114 Å². The molecule has 1 amide bonds. The van der Waals surface area contributed by atoms with Crippen LogP contribution >= 0.6 is 0 Å². The summed E-state index contributed by atoms with van der Waals surface area (Å²) < 4.78 is 5.15. The number of carbonyl (C=O) groups is 1. The number of benzene rings is 1. The predicted octanol–water partition coefficient (Wildman–Crippen LogP) is 1.67. The van der Waals surface area contributed by atoms with Crippen LogP contribution in [0.25, 0.3) is 0 Å². The van der Waals surface area contributed by atoms with E-state index in [0.29, 0.717) is 26.2 Å². The van der Waals surface area contributed by atoms with Crippen LogP contribution in [0.15, 0.2) is 18.2 Å². The van der Waals surface area contributed by atoms with Gasteiger partial charge < -0.3 is 15.8 Å². The van der Waals surface area contributed by atoms with Gasteiger partial charge in [0.05, 0.1) is 19.6 Å². The molecule has 102 valence electrons. The third-order valence-corrected chi connectivity index (χ3v) is 2.52. The molecule has 0 aliphatic heterocycles. The zero-order chi connectivity index (χ0) is 14.1. The van der Waals surface area contributed by atoms with E-state index >= 15 is 0 Å². The van der Waals surface area contributed by atoms with Crippen LogP contribution in [0.2, 0.25) is 0 Å². The van der Waals surface area contributed by atoms with E-state index in [0.717, 1.165) is 16.8 Å². The van der Waals surface area contributed by atoms with E-state index in [1.54, 1.807) is 0 Å². The van der Waals surface area contributed by atoms with Crippen molar-refractivity contribution in [1.82, 2.24) is 0 Å². The molecule has 0 saturated heterocycles. The Kier molecular flexibility index (Phi) is 6.65. The quantitative estimate of drug-likeness (QED) is 0.625. The van der Waals surface area contributed by atoms with E-state index in [1.807, 2.05) is 32.0 Å². The highest BCUT2D eigenvalue weighted by atomic mass is 16.5. The highest BCUT2D eigenvalue weighted by Gasteiger charge is 2.05. The molecule has 4 nitrogen and oxygen atoms in total. The third-order valence-electron chi connectivity index (χ3n) is 2.52. The van der Waals surface area contributed by atoms with Crippen LogP contribution in [-0.2, 0) is 9.53 Å². The van der Waals surface area contributed by atoms with Crippen molar-refractivity contribution in [2.45, 2.75) is 20.3 Å². The monoisotopic (exact) mass is 260 g/mol. The molecule has 0 fully saturated rings. The molecule has 0 atom stereocenters. The van der Waals surface area contributed by atoms with Gasteiger partial charge in [0.25, 0.3) is 0 Å². The minimum Gasteiger partial charge on any atom is -0.381 e. The minimum atomic E-state index is -0.0551. The van der Waals surface area contributed by atoms with Gasteiger partial charge in [-0.05, 0) is 31.5 Å². The molecule has 1 rings (SSSR count). The average Bonchev–Trinajstić information content (AvgIpc) is 2.40. The van der Waals surface area contributed by atoms with E-state index in [4.69, 9.17) is 10.5 Å². The second-order valence-electron chi connectivity index (χ2n) is 4.03. The van der Waals surface area contributed by atoms with Gasteiger partial charge in [-0.2, -0.15) is 0 Å². The maximum absolute atomic E-state index is 11.7. The van der Waals surface area contributed by atoms with E-state index in [9.17, 15) is 4.79 Å². The number of anilines is 1. The molecule has 1 aromatic rings. The molecule has 0 bridgehead atoms. The highest BCUT2D eigenvalue weighted by molar-refractivity contribution is 5.91. The normalized spacial score (nSPS) is 9.63. The van der Waals surface area contributed by atoms with Crippen LogP contribution in [-0.4, -0.2) is 25.7 Å². The van der Waals surface area contributed by atoms with Gasteiger partial charge in [0.2, 0.25) is 5.91 Å². The molecule has 0 heterocycles. The average molecular weight is 260 g/mol. The second kappa shape index (κ2) is 8.30. The molecule has 0 spiro atoms. The Bertz CT molecular complexity index is 487. The van der Waals surface area contributed by atoms with Gasteiger partial charge in [-0.3, -0.25) is 4.79 Å². The summed E-state index contributed by atoms with van der Waals surface area (Å²) in [6, 6.07) is 5.70. The summed E-state index contributed by atoms with van der Waals surface area (Å²) >= 11 is 0. The smallest absolute Gasteiger partial charge is 0.226 e. The van der Waals surface area contributed by atoms with Crippen LogP contribution < -0.4 is 11.1 Å². The van der Waals surface area contributed by atoms with Gasteiger partial charge in [0.15, 0.2) is 0 Å². The Balaban J connectivity index is 2.68. The molecular formula is C15H20N2O2. The van der Waals surface area contributed by atoms with Crippen LogP contribution in [0, 0.1) is 18.8 Å². The van der Waals surface area contributed by atoms with Crippen molar-refractivity contribution < 1.29 is 9.53 Å². The number of amides is 1. The molecule has 0 saturated carbocycles. The number of hydrogen-bond donors (Lipinski definition) is 2. The summed E-state index contributed by atoms with van der Waals surface area (Å²) in [4.78, 5) is 11.7. The molecule has 4 heteroatoms. The summed E-state index contributed by atoms with van der Waals surface area (Å²) in [5.41, 5.74) is 7.97. The lowest BCUT2D eigenvalue weighted by Gasteiger charge is -2.09. The molecule has 0 aromatic heterocycles. The maximum atomic E-state index is 11.7. The number of aryl methyl sites for hydroxylation is 1. The topological polar surface area (TPSA) is 64.3 Å². The fraction of sp³-hybridized carbons (Fsp3) is 0.400. The zero-order valence-corrected chi connectivity index (χ0v) is 11.5. The molecule has 1 aromatic carbocycles. The highest BCUT2D eigenvalue weighted by Crippen LogP contribution is 2.16. The van der Waals surface area contributed by atoms with Crippen molar-refractivity contribution in [2.75, 3.05) is 25.1 Å². The fourth-order valence-corrected chi connectivity index (χ4v) is 1.51. The first-order chi connectivity index (χ1) is 9.17. The van der Waals surface area contributed by atoms with Gasteiger partial charge in [0.1, 0.15) is 0 Å². The lowest BCUT2D eigenvalue weighted by molar-refractivity contribution is -0.117. The number of nitrogens with one attached hydrogen (secondary N) is 1. The molecule has 0 aliphatic carbocycles. The third kappa shape index (κ3) is 5.56. The van der Waals surface area contributed by atoms with E-state index in [1.165, 1.54) is 0 Å². The standard InChI is InChI=1S/C15H20N2O2/c1-3-19-10-8-15(18)17-14-11-13(5-4-9-16)7-6-12(14)2/h6-7,11H,3,8-10,16H2,1-2H3,(H,17,18). The minimum absolute atomic E-state index is 0.0551. The Morgan fingerprint density at radius 1 is 1.47 bits per heavy atom. The number of nitrogens with two attached hydrogens (primary N) is 1. The number of rotatable bonds is 5. The Morgan fingerprint density at radius 2 is 2.26 bits per heavy atom. The predicted molar refractivity (Wildman–Crippen MR) is 76.9 cm³/mol. The molecule has 3 N–H and O–H groups in total. The Hall–Kier alpha value is -1.83. The largest absolute Gasteiger partial charge is 0.381 e. The number of carbonyl (C=O) groups excluding carboxylic acids is 1. The van der Waals surface area contributed by atoms with Gasteiger partial charge in [0, 0.05) is 17.9 Å². The van der Waals surface area contributed by atoms with E-state index in [-0.39, 0.29) is 5.91 Å². The number of ether oxygens (including phenoxy) is 1. The first-order valence-electron chi connectivity index (χ1n) is 6.34. The fourth-order valence-electron chi connectivity index (χ4n) is 1.51. The van der Waals surface area contributed by atoms with E-state index in [2.05, 4.69) is 17.2 Å². The lowest BCUT2D eigenvalue weighted by Crippen LogP contribution is -2.15. The van der Waals surface area contributed by atoms with Crippen molar-refractivity contribution >= 4 is 11.6 Å². The van der Waals surface area contributed by atoms with Crippen molar-refractivity contribution in [3.8, 4) is 11.8 Å². The van der Waals surface area contributed by atoms with Crippen LogP contribution in [0.1, 0.15) is 24.5 Å². The second-order valence-corrected chi connectivity index (χ2v) is 4.03. The molecule has 0 radical (unpaired) electrons. The molecule has 19 heavy (non-hydrogen) atoms. The van der Waals surface area contributed by atoms with Crippen molar-refractivity contribution in [3.63, 3.8) is 0 Å². The SMILES string of the molecule is CCOCCC(=O)Nc1cc(C#CCN)ccc1C. The van der Waals surface area contributed by atoms with E-state index < -0.39 is 0 Å². The first kappa shape index (κ1) is 15.2.